The van der Waals surface area contributed by atoms with E-state index in [2.05, 4.69) is 0 Å². The van der Waals surface area contributed by atoms with Crippen molar-refractivity contribution in [2.45, 2.75) is 44.9 Å². The highest BCUT2D eigenvalue weighted by Crippen LogP contribution is 2.54. The third-order valence-corrected chi connectivity index (χ3v) is 5.76. The minimum atomic E-state index is -1.20. The van der Waals surface area contributed by atoms with Crippen LogP contribution in [-0.4, -0.2) is 40.3 Å². The molecule has 0 radical (unpaired) electrons. The molecular weight excluding hydrogens is 314 g/mol. The number of ether oxygens (including phenoxy) is 2. The quantitative estimate of drug-likeness (QED) is 0.472. The Bertz CT molecular complexity index is 681. The summed E-state index contributed by atoms with van der Waals surface area (Å²) in [6, 6.07) is -0.277. The number of esters is 1. The first-order chi connectivity index (χ1) is 11.5. The van der Waals surface area contributed by atoms with Gasteiger partial charge in [0, 0.05) is 17.6 Å². The maximum atomic E-state index is 12.6. The zero-order valence-corrected chi connectivity index (χ0v) is 13.3. The molecule has 7 nitrogen and oxygen atoms in total. The van der Waals surface area contributed by atoms with E-state index in [1.165, 1.54) is 12.3 Å². The van der Waals surface area contributed by atoms with E-state index >= 15 is 0 Å². The first kappa shape index (κ1) is 15.2. The van der Waals surface area contributed by atoms with Crippen LogP contribution >= 0.6 is 0 Å². The Morgan fingerprint density at radius 3 is 2.88 bits per heavy atom. The Balaban J connectivity index is 1.59. The zero-order chi connectivity index (χ0) is 17.0. The molecule has 2 saturated carbocycles. The minimum absolute atomic E-state index is 0.119. The number of likely N-dealkylation sites (tertiary alicyclic amines) is 1. The molecule has 128 valence electrons. The standard InChI is InChI=1S/C17H19NO6/c1-8-5-13(24-16(8)20)23-7-12-11-6-9-3-2-4-10(9)14(11)18(15(12)19)17(21)22/h5,7,9-11,13-14H,2-4,6H2,1H3,(H,21,22)/b12-7+/t9-,10-,11+,13?,14+/m0/s1. The molecule has 2 heterocycles. The molecule has 2 amide bonds. The molecule has 3 fully saturated rings. The molecule has 5 atom stereocenters. The molecule has 0 bridgehead atoms. The van der Waals surface area contributed by atoms with Crippen LogP contribution in [0.15, 0.2) is 23.5 Å². The lowest BCUT2D eigenvalue weighted by Crippen LogP contribution is -2.41. The first-order valence-electron chi connectivity index (χ1n) is 8.28. The fourth-order valence-corrected chi connectivity index (χ4v) is 4.75. The van der Waals surface area contributed by atoms with Crippen molar-refractivity contribution in [1.82, 2.24) is 4.90 Å². The fraction of sp³-hybridized carbons (Fsp3) is 0.588. The predicted octanol–water partition coefficient (Wildman–Crippen LogP) is 2.04. The summed E-state index contributed by atoms with van der Waals surface area (Å²) in [5, 5.41) is 9.48. The van der Waals surface area contributed by atoms with E-state index in [1.807, 2.05) is 0 Å². The Morgan fingerprint density at radius 2 is 2.21 bits per heavy atom. The maximum Gasteiger partial charge on any atom is 0.414 e. The molecule has 7 heteroatoms. The molecule has 4 rings (SSSR count). The summed E-state index contributed by atoms with van der Waals surface area (Å²) in [5.74, 6) is -0.340. The normalized spacial score (nSPS) is 39.0. The van der Waals surface area contributed by atoms with Crippen LogP contribution in [0.3, 0.4) is 0 Å². The maximum absolute atomic E-state index is 12.6. The van der Waals surface area contributed by atoms with E-state index in [1.54, 1.807) is 6.92 Å². The van der Waals surface area contributed by atoms with Gasteiger partial charge in [-0.05, 0) is 31.6 Å². The average molecular weight is 333 g/mol. The van der Waals surface area contributed by atoms with Crippen molar-refractivity contribution in [1.29, 1.82) is 0 Å². The number of carboxylic acid groups (broad SMARTS) is 1. The molecule has 2 aliphatic carbocycles. The Hall–Kier alpha value is -2.31. The van der Waals surface area contributed by atoms with E-state index < -0.39 is 24.3 Å². The Kier molecular flexibility index (Phi) is 3.40. The van der Waals surface area contributed by atoms with Crippen molar-refractivity contribution < 1.29 is 29.0 Å². The number of cyclic esters (lactones) is 1. The third-order valence-electron chi connectivity index (χ3n) is 5.76. The highest BCUT2D eigenvalue weighted by Gasteiger charge is 2.58. The third kappa shape index (κ3) is 2.14. The highest BCUT2D eigenvalue weighted by molar-refractivity contribution is 6.05. The van der Waals surface area contributed by atoms with Crippen LogP contribution in [0.2, 0.25) is 0 Å². The number of rotatable bonds is 2. The van der Waals surface area contributed by atoms with Crippen LogP contribution in [0.1, 0.15) is 32.6 Å². The average Bonchev–Trinajstić information content (AvgIpc) is 3.21. The van der Waals surface area contributed by atoms with E-state index in [-0.39, 0.29) is 17.9 Å². The van der Waals surface area contributed by atoms with Gasteiger partial charge in [0.15, 0.2) is 0 Å². The summed E-state index contributed by atoms with van der Waals surface area (Å²) < 4.78 is 10.4. The van der Waals surface area contributed by atoms with Crippen molar-refractivity contribution in [3.8, 4) is 0 Å². The molecule has 4 aliphatic rings. The molecule has 24 heavy (non-hydrogen) atoms. The minimum Gasteiger partial charge on any atom is -0.465 e. The second-order valence-corrected chi connectivity index (χ2v) is 6.98. The van der Waals surface area contributed by atoms with E-state index in [0.717, 1.165) is 30.6 Å². The van der Waals surface area contributed by atoms with Crippen LogP contribution < -0.4 is 0 Å². The lowest BCUT2D eigenvalue weighted by molar-refractivity contribution is -0.152. The topological polar surface area (TPSA) is 93.1 Å². The van der Waals surface area contributed by atoms with Gasteiger partial charge in [-0.1, -0.05) is 12.8 Å². The van der Waals surface area contributed by atoms with Crippen molar-refractivity contribution in [2.24, 2.45) is 17.8 Å². The molecule has 1 N–H and O–H groups in total. The van der Waals surface area contributed by atoms with Crippen LogP contribution in [-0.2, 0) is 19.1 Å². The Labute approximate surface area is 138 Å². The van der Waals surface area contributed by atoms with Crippen molar-refractivity contribution in [3.05, 3.63) is 23.5 Å². The van der Waals surface area contributed by atoms with Crippen molar-refractivity contribution in [2.75, 3.05) is 0 Å². The fourth-order valence-electron chi connectivity index (χ4n) is 4.75. The molecule has 0 aromatic carbocycles. The number of nitrogens with zero attached hydrogens (tertiary/aromatic N) is 1. The smallest absolute Gasteiger partial charge is 0.414 e. The van der Waals surface area contributed by atoms with Gasteiger partial charge in [-0.2, -0.15) is 0 Å². The van der Waals surface area contributed by atoms with Crippen molar-refractivity contribution in [3.63, 3.8) is 0 Å². The number of carbonyl (C=O) groups excluding carboxylic acids is 2. The van der Waals surface area contributed by atoms with Crippen LogP contribution in [0, 0.1) is 17.8 Å². The first-order valence-corrected chi connectivity index (χ1v) is 8.28. The number of carbonyl (C=O) groups is 3. The van der Waals surface area contributed by atoms with Gasteiger partial charge < -0.3 is 14.6 Å². The number of amides is 2. The molecule has 0 spiro atoms. The molecule has 2 aliphatic heterocycles. The van der Waals surface area contributed by atoms with Crippen LogP contribution in [0.25, 0.3) is 0 Å². The number of fused-ring (bicyclic) bond motifs is 3. The second-order valence-electron chi connectivity index (χ2n) is 6.98. The van der Waals surface area contributed by atoms with Gasteiger partial charge in [0.25, 0.3) is 12.2 Å². The van der Waals surface area contributed by atoms with Gasteiger partial charge in [-0.15, -0.1) is 0 Å². The predicted molar refractivity (Wildman–Crippen MR) is 80.4 cm³/mol. The SMILES string of the molecule is CC1=CC(O/C=C2/C(=O)N(C(=O)O)[C@@H]3[C@H]4CCC[C@H]4C[C@H]23)OC1=O. The van der Waals surface area contributed by atoms with Gasteiger partial charge in [0.2, 0.25) is 0 Å². The van der Waals surface area contributed by atoms with Gasteiger partial charge in [0.05, 0.1) is 17.9 Å². The zero-order valence-electron chi connectivity index (χ0n) is 13.3. The van der Waals surface area contributed by atoms with Gasteiger partial charge >= 0.3 is 12.1 Å². The summed E-state index contributed by atoms with van der Waals surface area (Å²) >= 11 is 0. The molecule has 1 saturated heterocycles. The molecule has 0 aromatic rings. The summed E-state index contributed by atoms with van der Waals surface area (Å²) in [4.78, 5) is 36.5. The number of hydrogen-bond donors (Lipinski definition) is 1. The highest BCUT2D eigenvalue weighted by atomic mass is 16.7. The van der Waals surface area contributed by atoms with Crippen LogP contribution in [0.4, 0.5) is 4.79 Å². The van der Waals surface area contributed by atoms with E-state index in [4.69, 9.17) is 9.47 Å². The van der Waals surface area contributed by atoms with E-state index in [9.17, 15) is 19.5 Å². The number of imide groups is 1. The van der Waals surface area contributed by atoms with Gasteiger partial charge in [0.1, 0.15) is 0 Å². The van der Waals surface area contributed by atoms with Gasteiger partial charge in [-0.3, -0.25) is 4.79 Å². The summed E-state index contributed by atoms with van der Waals surface area (Å²) in [6.45, 7) is 1.62. The molecule has 1 unspecified atom stereocenters. The lowest BCUT2D eigenvalue weighted by Gasteiger charge is -2.24. The van der Waals surface area contributed by atoms with Crippen LogP contribution in [0.5, 0.6) is 0 Å². The van der Waals surface area contributed by atoms with Gasteiger partial charge in [-0.25, -0.2) is 14.5 Å². The summed E-state index contributed by atoms with van der Waals surface area (Å²) in [5.41, 5.74) is 0.836. The largest absolute Gasteiger partial charge is 0.465 e. The summed E-state index contributed by atoms with van der Waals surface area (Å²) in [7, 11) is 0. The van der Waals surface area contributed by atoms with E-state index in [0.29, 0.717) is 17.1 Å². The number of hydrogen-bond acceptors (Lipinski definition) is 5. The molecule has 0 aromatic heterocycles. The Morgan fingerprint density at radius 1 is 1.42 bits per heavy atom. The monoisotopic (exact) mass is 333 g/mol. The molecular formula is C17H19NO6. The lowest BCUT2D eigenvalue weighted by atomic mass is 9.94. The second kappa shape index (κ2) is 5.36. The summed E-state index contributed by atoms with van der Waals surface area (Å²) in [6.07, 6.45) is 4.77. The van der Waals surface area contributed by atoms with Crippen molar-refractivity contribution >= 4 is 18.0 Å².